The lowest BCUT2D eigenvalue weighted by Gasteiger charge is -2.23. The Morgan fingerprint density at radius 3 is 2.00 bits per heavy atom. The van der Waals surface area contributed by atoms with E-state index < -0.39 is 0 Å². The van der Waals surface area contributed by atoms with Gasteiger partial charge in [0.15, 0.2) is 0 Å². The Bertz CT molecular complexity index is 600. The average Bonchev–Trinajstić information content (AvgIpc) is 2.64. The van der Waals surface area contributed by atoms with E-state index in [2.05, 4.69) is 24.3 Å². The van der Waals surface area contributed by atoms with Crippen LogP contribution in [-0.4, -0.2) is 27.9 Å². The van der Waals surface area contributed by atoms with Crippen LogP contribution in [0.1, 0.15) is 30.6 Å². The molecule has 0 N–H and O–H groups in total. The maximum absolute atomic E-state index is 6.01. The van der Waals surface area contributed by atoms with Crippen LogP contribution in [0.3, 0.4) is 0 Å². The second kappa shape index (κ2) is 9.18. The first kappa shape index (κ1) is 18.1. The zero-order valence-corrected chi connectivity index (χ0v) is 14.9. The van der Waals surface area contributed by atoms with Crippen LogP contribution in [0.15, 0.2) is 42.5 Å². The zero-order chi connectivity index (χ0) is 17.4. The van der Waals surface area contributed by atoms with E-state index in [0.717, 1.165) is 29.9 Å². The van der Waals surface area contributed by atoms with E-state index in [-0.39, 0.29) is 6.10 Å². The van der Waals surface area contributed by atoms with Crippen LogP contribution in [0.25, 0.3) is 0 Å². The molecule has 24 heavy (non-hydrogen) atoms. The average molecular weight is 330 g/mol. The molecule has 2 aromatic carbocycles. The molecule has 0 radical (unpaired) electrons. The van der Waals surface area contributed by atoms with Gasteiger partial charge in [0.05, 0.1) is 33.0 Å². The van der Waals surface area contributed by atoms with Crippen molar-refractivity contribution in [2.75, 3.05) is 27.9 Å². The summed E-state index contributed by atoms with van der Waals surface area (Å²) in [6.07, 6.45) is 1.66. The molecule has 0 saturated heterocycles. The zero-order valence-electron chi connectivity index (χ0n) is 14.9. The SMILES string of the molecule is CCOC(CCc1ccccc1)c1c(OC)cc(OC)cc1OC. The number of hydrogen-bond donors (Lipinski definition) is 0. The number of hydrogen-bond acceptors (Lipinski definition) is 4. The Balaban J connectivity index is 2.31. The predicted molar refractivity (Wildman–Crippen MR) is 95.2 cm³/mol. The van der Waals surface area contributed by atoms with E-state index in [4.69, 9.17) is 18.9 Å². The van der Waals surface area contributed by atoms with Crippen molar-refractivity contribution in [2.24, 2.45) is 0 Å². The highest BCUT2D eigenvalue weighted by Gasteiger charge is 2.23. The summed E-state index contributed by atoms with van der Waals surface area (Å²) in [7, 11) is 4.93. The Kier molecular flexibility index (Phi) is 6.94. The third-order valence-corrected chi connectivity index (χ3v) is 3.98. The third kappa shape index (κ3) is 4.42. The topological polar surface area (TPSA) is 36.9 Å². The van der Waals surface area contributed by atoms with Crippen molar-refractivity contribution in [3.8, 4) is 17.2 Å². The molecular weight excluding hydrogens is 304 g/mol. The Morgan fingerprint density at radius 2 is 1.50 bits per heavy atom. The lowest BCUT2D eigenvalue weighted by molar-refractivity contribution is 0.0527. The highest BCUT2D eigenvalue weighted by atomic mass is 16.5. The van der Waals surface area contributed by atoms with Crippen LogP contribution >= 0.6 is 0 Å². The number of aryl methyl sites for hydroxylation is 1. The van der Waals surface area contributed by atoms with Crippen LogP contribution in [-0.2, 0) is 11.2 Å². The van der Waals surface area contributed by atoms with E-state index >= 15 is 0 Å². The van der Waals surface area contributed by atoms with Gasteiger partial charge in [-0.2, -0.15) is 0 Å². The van der Waals surface area contributed by atoms with Crippen LogP contribution < -0.4 is 14.2 Å². The van der Waals surface area contributed by atoms with Gasteiger partial charge in [0.2, 0.25) is 0 Å². The lowest BCUT2D eigenvalue weighted by atomic mass is 9.99. The number of methoxy groups -OCH3 is 3. The molecule has 2 rings (SSSR count). The maximum Gasteiger partial charge on any atom is 0.132 e. The number of benzene rings is 2. The second-order valence-corrected chi connectivity index (χ2v) is 5.41. The highest BCUT2D eigenvalue weighted by Crippen LogP contribution is 2.41. The maximum atomic E-state index is 6.01. The number of rotatable bonds is 9. The molecule has 4 nitrogen and oxygen atoms in total. The summed E-state index contributed by atoms with van der Waals surface area (Å²) in [6, 6.07) is 14.1. The van der Waals surface area contributed by atoms with E-state index in [9.17, 15) is 0 Å². The lowest BCUT2D eigenvalue weighted by Crippen LogP contribution is -2.10. The molecule has 1 unspecified atom stereocenters. The van der Waals surface area contributed by atoms with Crippen molar-refractivity contribution >= 4 is 0 Å². The van der Waals surface area contributed by atoms with Gasteiger partial charge in [0.25, 0.3) is 0 Å². The van der Waals surface area contributed by atoms with Crippen LogP contribution in [0.4, 0.5) is 0 Å². The van der Waals surface area contributed by atoms with Gasteiger partial charge in [-0.1, -0.05) is 30.3 Å². The first-order valence-electron chi connectivity index (χ1n) is 8.18. The summed E-state index contributed by atoms with van der Waals surface area (Å²) in [5.41, 5.74) is 2.22. The van der Waals surface area contributed by atoms with Gasteiger partial charge < -0.3 is 18.9 Å². The molecule has 0 aliphatic carbocycles. The molecule has 0 aliphatic heterocycles. The molecule has 2 aromatic rings. The minimum atomic E-state index is -0.106. The molecule has 0 aliphatic rings. The van der Waals surface area contributed by atoms with Crippen LogP contribution in [0, 0.1) is 0 Å². The summed E-state index contributed by atoms with van der Waals surface area (Å²) in [5.74, 6) is 2.14. The number of ether oxygens (including phenoxy) is 4. The van der Waals surface area contributed by atoms with Crippen molar-refractivity contribution in [3.63, 3.8) is 0 Å². The van der Waals surface area contributed by atoms with E-state index in [1.165, 1.54) is 5.56 Å². The van der Waals surface area contributed by atoms with Gasteiger partial charge >= 0.3 is 0 Å². The van der Waals surface area contributed by atoms with E-state index in [0.29, 0.717) is 12.4 Å². The molecule has 0 amide bonds. The molecule has 0 heterocycles. The fraction of sp³-hybridized carbons (Fsp3) is 0.400. The molecular formula is C20H26O4. The Morgan fingerprint density at radius 1 is 0.875 bits per heavy atom. The summed E-state index contributed by atoms with van der Waals surface area (Å²) < 4.78 is 22.5. The highest BCUT2D eigenvalue weighted by molar-refractivity contribution is 5.52. The monoisotopic (exact) mass is 330 g/mol. The van der Waals surface area contributed by atoms with Crippen LogP contribution in [0.2, 0.25) is 0 Å². The normalized spacial score (nSPS) is 11.8. The van der Waals surface area contributed by atoms with Gasteiger partial charge in [-0.3, -0.25) is 0 Å². The summed E-state index contributed by atoms with van der Waals surface area (Å²) >= 11 is 0. The van der Waals surface area contributed by atoms with Crippen molar-refractivity contribution in [2.45, 2.75) is 25.9 Å². The standard InChI is InChI=1S/C20H26O4/c1-5-24-17(12-11-15-9-7-6-8-10-15)20-18(22-3)13-16(21-2)14-19(20)23-4/h6-10,13-14,17H,5,11-12H2,1-4H3. The first-order chi connectivity index (χ1) is 11.7. The van der Waals surface area contributed by atoms with Crippen molar-refractivity contribution in [3.05, 3.63) is 53.6 Å². The molecule has 130 valence electrons. The minimum absolute atomic E-state index is 0.106. The molecule has 0 saturated carbocycles. The Hall–Kier alpha value is -2.20. The second-order valence-electron chi connectivity index (χ2n) is 5.41. The molecule has 4 heteroatoms. The minimum Gasteiger partial charge on any atom is -0.496 e. The fourth-order valence-electron chi connectivity index (χ4n) is 2.80. The molecule has 0 fully saturated rings. The summed E-state index contributed by atoms with van der Waals surface area (Å²) in [6.45, 7) is 2.62. The summed E-state index contributed by atoms with van der Waals surface area (Å²) in [5, 5.41) is 0. The predicted octanol–water partition coefficient (Wildman–Crippen LogP) is 4.42. The van der Waals surface area contributed by atoms with E-state index in [1.54, 1.807) is 21.3 Å². The molecule has 0 spiro atoms. The van der Waals surface area contributed by atoms with Gasteiger partial charge in [0, 0.05) is 18.7 Å². The quantitative estimate of drug-likeness (QED) is 0.682. The van der Waals surface area contributed by atoms with Crippen molar-refractivity contribution in [1.82, 2.24) is 0 Å². The van der Waals surface area contributed by atoms with Gasteiger partial charge in [-0.05, 0) is 25.3 Å². The molecule has 0 bridgehead atoms. The first-order valence-corrected chi connectivity index (χ1v) is 8.18. The largest absolute Gasteiger partial charge is 0.496 e. The molecule has 0 aromatic heterocycles. The van der Waals surface area contributed by atoms with Gasteiger partial charge in [-0.25, -0.2) is 0 Å². The van der Waals surface area contributed by atoms with Crippen LogP contribution in [0.5, 0.6) is 17.2 Å². The van der Waals surface area contributed by atoms with Crippen molar-refractivity contribution < 1.29 is 18.9 Å². The Labute approximate surface area is 144 Å². The molecule has 1 atom stereocenters. The van der Waals surface area contributed by atoms with Gasteiger partial charge in [0.1, 0.15) is 17.2 Å². The van der Waals surface area contributed by atoms with Crippen molar-refractivity contribution in [1.29, 1.82) is 0 Å². The van der Waals surface area contributed by atoms with Gasteiger partial charge in [-0.15, -0.1) is 0 Å². The fourth-order valence-corrected chi connectivity index (χ4v) is 2.80. The smallest absolute Gasteiger partial charge is 0.132 e. The summed E-state index contributed by atoms with van der Waals surface area (Å²) in [4.78, 5) is 0. The third-order valence-electron chi connectivity index (χ3n) is 3.98. The van der Waals surface area contributed by atoms with E-state index in [1.807, 2.05) is 25.1 Å².